The molecule has 0 bridgehead atoms. The van der Waals surface area contributed by atoms with E-state index in [0.717, 1.165) is 19.5 Å². The van der Waals surface area contributed by atoms with Crippen LogP contribution in [0.3, 0.4) is 0 Å². The molecule has 1 aromatic heterocycles. The molecule has 3 rings (SSSR count). The average Bonchev–Trinajstić information content (AvgIpc) is 3.21. The molecule has 2 aliphatic heterocycles. The van der Waals surface area contributed by atoms with Gasteiger partial charge < -0.3 is 5.32 Å². The number of aryl methyl sites for hydroxylation is 2. The second-order valence-corrected chi connectivity index (χ2v) is 7.05. The standard InChI is InChI=1S/C16H27BrN4/c1-3-12-16(17)15(21(4-2)19-12)11-20-10-6-8-14(20)13-7-5-9-18-13/h13-14,18H,3-11H2,1-2H3. The van der Waals surface area contributed by atoms with E-state index >= 15 is 0 Å². The fourth-order valence-electron chi connectivity index (χ4n) is 3.90. The summed E-state index contributed by atoms with van der Waals surface area (Å²) in [7, 11) is 0. The van der Waals surface area contributed by atoms with Crippen molar-refractivity contribution < 1.29 is 0 Å². The fraction of sp³-hybridized carbons (Fsp3) is 0.812. The molecule has 1 N–H and O–H groups in total. The van der Waals surface area contributed by atoms with Crippen LogP contribution in [0.25, 0.3) is 0 Å². The van der Waals surface area contributed by atoms with E-state index in [4.69, 9.17) is 5.10 Å². The van der Waals surface area contributed by atoms with Gasteiger partial charge in [0.05, 0.1) is 15.9 Å². The summed E-state index contributed by atoms with van der Waals surface area (Å²) in [6.07, 6.45) is 6.35. The van der Waals surface area contributed by atoms with Gasteiger partial charge in [-0.3, -0.25) is 9.58 Å². The van der Waals surface area contributed by atoms with E-state index in [1.54, 1.807) is 0 Å². The summed E-state index contributed by atoms with van der Waals surface area (Å²) in [6, 6.07) is 1.42. The number of hydrogen-bond donors (Lipinski definition) is 1. The maximum atomic E-state index is 4.74. The van der Waals surface area contributed by atoms with E-state index in [1.165, 1.54) is 54.6 Å². The summed E-state index contributed by atoms with van der Waals surface area (Å²) in [5, 5.41) is 8.44. The molecule has 1 aromatic rings. The molecule has 0 amide bonds. The van der Waals surface area contributed by atoms with E-state index in [9.17, 15) is 0 Å². The molecule has 3 heterocycles. The lowest BCUT2D eigenvalue weighted by Gasteiger charge is -2.29. The molecule has 2 fully saturated rings. The molecule has 4 nitrogen and oxygen atoms in total. The van der Waals surface area contributed by atoms with Crippen LogP contribution in [0.1, 0.15) is 50.9 Å². The Hall–Kier alpha value is -0.390. The van der Waals surface area contributed by atoms with Crippen molar-refractivity contribution in [2.75, 3.05) is 13.1 Å². The summed E-state index contributed by atoms with van der Waals surface area (Å²) in [5.41, 5.74) is 2.56. The minimum absolute atomic E-state index is 0.704. The average molecular weight is 355 g/mol. The van der Waals surface area contributed by atoms with Crippen LogP contribution in [-0.2, 0) is 19.5 Å². The Kier molecular flexibility index (Phi) is 5.02. The largest absolute Gasteiger partial charge is 0.312 e. The smallest absolute Gasteiger partial charge is 0.0767 e. The van der Waals surface area contributed by atoms with Gasteiger partial charge in [0.25, 0.3) is 0 Å². The zero-order valence-electron chi connectivity index (χ0n) is 13.2. The zero-order chi connectivity index (χ0) is 14.8. The second kappa shape index (κ2) is 6.80. The fourth-order valence-corrected chi connectivity index (χ4v) is 4.59. The number of hydrogen-bond acceptors (Lipinski definition) is 3. The molecule has 2 atom stereocenters. The van der Waals surface area contributed by atoms with Gasteiger partial charge in [0, 0.05) is 25.2 Å². The van der Waals surface area contributed by atoms with Gasteiger partial charge in [0.15, 0.2) is 0 Å². The first-order valence-corrected chi connectivity index (χ1v) is 9.25. The molecule has 0 saturated carbocycles. The molecule has 5 heteroatoms. The summed E-state index contributed by atoms with van der Waals surface area (Å²) >= 11 is 3.79. The van der Waals surface area contributed by atoms with Gasteiger partial charge in [0.2, 0.25) is 0 Å². The van der Waals surface area contributed by atoms with Crippen LogP contribution in [0.4, 0.5) is 0 Å². The van der Waals surface area contributed by atoms with Crippen molar-refractivity contribution >= 4 is 15.9 Å². The highest BCUT2D eigenvalue weighted by molar-refractivity contribution is 9.10. The molecule has 2 aliphatic rings. The van der Waals surface area contributed by atoms with Gasteiger partial charge in [-0.05, 0) is 68.0 Å². The van der Waals surface area contributed by atoms with Crippen molar-refractivity contribution in [1.29, 1.82) is 0 Å². The number of likely N-dealkylation sites (tertiary alicyclic amines) is 1. The monoisotopic (exact) mass is 354 g/mol. The highest BCUT2D eigenvalue weighted by Gasteiger charge is 2.34. The van der Waals surface area contributed by atoms with Gasteiger partial charge in [-0.1, -0.05) is 6.92 Å². The molecular formula is C16H27BrN4. The summed E-state index contributed by atoms with van der Waals surface area (Å²) in [6.45, 7) is 8.77. The highest BCUT2D eigenvalue weighted by Crippen LogP contribution is 2.29. The van der Waals surface area contributed by atoms with Gasteiger partial charge in [-0.15, -0.1) is 0 Å². The van der Waals surface area contributed by atoms with E-state index in [1.807, 2.05) is 0 Å². The lowest BCUT2D eigenvalue weighted by atomic mass is 10.0. The van der Waals surface area contributed by atoms with Crippen molar-refractivity contribution in [1.82, 2.24) is 20.0 Å². The van der Waals surface area contributed by atoms with E-state index in [0.29, 0.717) is 12.1 Å². The van der Waals surface area contributed by atoms with Crippen LogP contribution in [0.5, 0.6) is 0 Å². The second-order valence-electron chi connectivity index (χ2n) is 6.26. The van der Waals surface area contributed by atoms with E-state index < -0.39 is 0 Å². The summed E-state index contributed by atoms with van der Waals surface area (Å²) < 4.78 is 3.41. The third-order valence-corrected chi connectivity index (χ3v) is 5.94. The van der Waals surface area contributed by atoms with E-state index in [-0.39, 0.29) is 0 Å². The first-order chi connectivity index (χ1) is 10.2. The van der Waals surface area contributed by atoms with Crippen molar-refractivity contribution in [3.05, 3.63) is 15.9 Å². The van der Waals surface area contributed by atoms with Crippen LogP contribution in [0.15, 0.2) is 4.47 Å². The predicted molar refractivity (Wildman–Crippen MR) is 89.4 cm³/mol. The Morgan fingerprint density at radius 1 is 1.29 bits per heavy atom. The third kappa shape index (κ3) is 3.06. The van der Waals surface area contributed by atoms with Crippen LogP contribution in [0.2, 0.25) is 0 Å². The first-order valence-electron chi connectivity index (χ1n) is 8.46. The molecule has 2 unspecified atom stereocenters. The van der Waals surface area contributed by atoms with Gasteiger partial charge >= 0.3 is 0 Å². The van der Waals surface area contributed by atoms with Crippen LogP contribution < -0.4 is 5.32 Å². The minimum atomic E-state index is 0.704. The Bertz CT molecular complexity index is 479. The topological polar surface area (TPSA) is 33.1 Å². The van der Waals surface area contributed by atoms with E-state index in [2.05, 4.69) is 44.7 Å². The number of rotatable bonds is 5. The Morgan fingerprint density at radius 2 is 2.14 bits per heavy atom. The van der Waals surface area contributed by atoms with Gasteiger partial charge in [0.1, 0.15) is 0 Å². The molecule has 0 spiro atoms. The van der Waals surface area contributed by atoms with Crippen LogP contribution >= 0.6 is 15.9 Å². The summed E-state index contributed by atoms with van der Waals surface area (Å²) in [5.74, 6) is 0. The predicted octanol–water partition coefficient (Wildman–Crippen LogP) is 2.94. The first kappa shape index (κ1) is 15.5. The number of aromatic nitrogens is 2. The molecule has 21 heavy (non-hydrogen) atoms. The highest BCUT2D eigenvalue weighted by atomic mass is 79.9. The maximum Gasteiger partial charge on any atom is 0.0767 e. The quantitative estimate of drug-likeness (QED) is 0.882. The van der Waals surface area contributed by atoms with Gasteiger partial charge in [-0.25, -0.2) is 0 Å². The SMILES string of the molecule is CCc1nn(CC)c(CN2CCCC2C2CCCN2)c1Br. The zero-order valence-corrected chi connectivity index (χ0v) is 14.8. The molecule has 0 aromatic carbocycles. The molecule has 0 radical (unpaired) electrons. The summed E-state index contributed by atoms with van der Waals surface area (Å²) in [4.78, 5) is 2.68. The van der Waals surface area contributed by atoms with Crippen molar-refractivity contribution in [2.45, 2.75) is 71.1 Å². The minimum Gasteiger partial charge on any atom is -0.312 e. The lowest BCUT2D eigenvalue weighted by Crippen LogP contribution is -2.43. The number of nitrogens with one attached hydrogen (secondary N) is 1. The molecule has 2 saturated heterocycles. The maximum absolute atomic E-state index is 4.74. The lowest BCUT2D eigenvalue weighted by molar-refractivity contribution is 0.201. The molecule has 0 aliphatic carbocycles. The normalized spacial score (nSPS) is 26.8. The van der Waals surface area contributed by atoms with Crippen molar-refractivity contribution in [3.63, 3.8) is 0 Å². The van der Waals surface area contributed by atoms with Crippen LogP contribution in [0, 0.1) is 0 Å². The van der Waals surface area contributed by atoms with Crippen LogP contribution in [-0.4, -0.2) is 39.9 Å². The molecular weight excluding hydrogens is 328 g/mol. The Balaban J connectivity index is 1.77. The molecule has 118 valence electrons. The van der Waals surface area contributed by atoms with Crippen molar-refractivity contribution in [3.8, 4) is 0 Å². The van der Waals surface area contributed by atoms with Crippen molar-refractivity contribution in [2.24, 2.45) is 0 Å². The third-order valence-electron chi connectivity index (χ3n) is 5.02. The number of halogens is 1. The Morgan fingerprint density at radius 3 is 2.81 bits per heavy atom. The van der Waals surface area contributed by atoms with Gasteiger partial charge in [-0.2, -0.15) is 5.10 Å². The number of nitrogens with zero attached hydrogens (tertiary/aromatic N) is 3. The Labute approximate surface area is 136 Å².